The average molecular weight is 398 g/mol. The number of hydrogen-bond acceptors (Lipinski definition) is 4. The number of ether oxygens (including phenoxy) is 1. The minimum absolute atomic E-state index is 0.103. The Labute approximate surface area is 164 Å². The number of hydrogen-bond donors (Lipinski definition) is 1. The van der Waals surface area contributed by atoms with E-state index in [0.29, 0.717) is 24.0 Å². The summed E-state index contributed by atoms with van der Waals surface area (Å²) in [5, 5.41) is 0.587. The molecule has 1 saturated carbocycles. The summed E-state index contributed by atoms with van der Waals surface area (Å²) in [5.74, 6) is 0.100. The molecule has 0 saturated heterocycles. The molecule has 1 aliphatic rings. The summed E-state index contributed by atoms with van der Waals surface area (Å²) in [5.41, 5.74) is 1.60. The number of amides is 1. The fraction of sp³-hybridized carbons (Fsp3) is 0.286. The summed E-state index contributed by atoms with van der Waals surface area (Å²) < 4.78 is 35.7. The smallest absolute Gasteiger partial charge is 0.264 e. The van der Waals surface area contributed by atoms with Gasteiger partial charge in [-0.3, -0.25) is 4.79 Å². The van der Waals surface area contributed by atoms with Gasteiger partial charge in [-0.15, -0.1) is 0 Å². The number of methoxy groups -OCH3 is 1. The summed E-state index contributed by atoms with van der Waals surface area (Å²) in [4.78, 5) is 13.2. The summed E-state index contributed by atoms with van der Waals surface area (Å²) in [6, 6.07) is 12.4. The first-order chi connectivity index (χ1) is 13.3. The van der Waals surface area contributed by atoms with Gasteiger partial charge in [0.05, 0.1) is 17.4 Å². The Hall–Kier alpha value is -2.80. The van der Waals surface area contributed by atoms with Crippen molar-refractivity contribution < 1.29 is 17.9 Å². The van der Waals surface area contributed by atoms with E-state index >= 15 is 0 Å². The first-order valence-corrected chi connectivity index (χ1v) is 10.5. The number of sulfonamides is 1. The van der Waals surface area contributed by atoms with Crippen LogP contribution in [0.2, 0.25) is 0 Å². The molecule has 0 bridgehead atoms. The molecular weight excluding hydrogens is 376 g/mol. The maximum atomic E-state index is 13.1. The zero-order valence-corrected chi connectivity index (χ0v) is 16.8. The molecule has 7 heteroatoms. The minimum atomic E-state index is -4.01. The Kier molecular flexibility index (Phi) is 4.23. The van der Waals surface area contributed by atoms with Crippen LogP contribution in [-0.4, -0.2) is 26.0 Å². The summed E-state index contributed by atoms with van der Waals surface area (Å²) >= 11 is 0. The number of carbonyl (C=O) groups is 1. The van der Waals surface area contributed by atoms with Crippen LogP contribution in [0, 0.1) is 6.92 Å². The van der Waals surface area contributed by atoms with Crippen LogP contribution in [0.25, 0.3) is 10.9 Å². The van der Waals surface area contributed by atoms with E-state index in [1.54, 1.807) is 31.5 Å². The molecule has 0 aliphatic heterocycles. The molecule has 2 aromatic carbocycles. The molecule has 6 nitrogen and oxygen atoms in total. The zero-order valence-electron chi connectivity index (χ0n) is 16.0. The first-order valence-electron chi connectivity index (χ1n) is 9.05. The number of nitrogens with zero attached hydrogens (tertiary/aromatic N) is 1. The molecule has 1 N–H and O–H groups in total. The molecule has 0 unspecified atom stereocenters. The van der Waals surface area contributed by atoms with E-state index < -0.39 is 21.3 Å². The zero-order chi connectivity index (χ0) is 20.1. The molecule has 1 fully saturated rings. The monoisotopic (exact) mass is 398 g/mol. The standard InChI is InChI=1S/C21H22N2O4S/c1-14-6-4-8-17(27-3)19(14)21(11-12-21)20(24)22-28(25,26)18-9-5-7-16-15(18)10-13-23(16)2/h4-10,13H,11-12H2,1-3H3,(H,22,24). The predicted molar refractivity (Wildman–Crippen MR) is 107 cm³/mol. The van der Waals surface area contributed by atoms with Crippen molar-refractivity contribution in [1.82, 2.24) is 9.29 Å². The number of rotatable bonds is 5. The highest BCUT2D eigenvalue weighted by molar-refractivity contribution is 7.90. The van der Waals surface area contributed by atoms with E-state index in [1.165, 1.54) is 6.07 Å². The Morgan fingerprint density at radius 3 is 2.54 bits per heavy atom. The molecular formula is C21H22N2O4S. The molecule has 1 aliphatic carbocycles. The Morgan fingerprint density at radius 2 is 1.86 bits per heavy atom. The fourth-order valence-corrected chi connectivity index (χ4v) is 5.19. The maximum Gasteiger partial charge on any atom is 0.264 e. The Balaban J connectivity index is 1.72. The Bertz CT molecular complexity index is 1190. The van der Waals surface area contributed by atoms with Gasteiger partial charge < -0.3 is 9.30 Å². The van der Waals surface area contributed by atoms with Gasteiger partial charge >= 0.3 is 0 Å². The fourth-order valence-electron chi connectivity index (χ4n) is 3.92. The van der Waals surface area contributed by atoms with Gasteiger partial charge in [-0.05, 0) is 49.6 Å². The predicted octanol–water partition coefficient (Wildman–Crippen LogP) is 3.03. The second kappa shape index (κ2) is 6.38. The lowest BCUT2D eigenvalue weighted by Gasteiger charge is -2.21. The van der Waals surface area contributed by atoms with E-state index in [2.05, 4.69) is 4.72 Å². The lowest BCUT2D eigenvalue weighted by atomic mass is 9.90. The molecule has 1 heterocycles. The van der Waals surface area contributed by atoms with E-state index in [4.69, 9.17) is 4.74 Å². The van der Waals surface area contributed by atoms with Crippen LogP contribution in [-0.2, 0) is 27.3 Å². The topological polar surface area (TPSA) is 77.4 Å². The average Bonchev–Trinajstić information content (AvgIpc) is 3.38. The number of benzene rings is 2. The summed E-state index contributed by atoms with van der Waals surface area (Å²) in [6.07, 6.45) is 2.97. The molecule has 1 amide bonds. The number of fused-ring (bicyclic) bond motifs is 1. The highest BCUT2D eigenvalue weighted by atomic mass is 32.2. The largest absolute Gasteiger partial charge is 0.496 e. The van der Waals surface area contributed by atoms with E-state index in [1.807, 2.05) is 36.7 Å². The van der Waals surface area contributed by atoms with Gasteiger partial charge in [0.25, 0.3) is 10.0 Å². The third kappa shape index (κ3) is 2.77. The van der Waals surface area contributed by atoms with Crippen molar-refractivity contribution in [2.24, 2.45) is 7.05 Å². The minimum Gasteiger partial charge on any atom is -0.496 e. The van der Waals surface area contributed by atoms with Crippen molar-refractivity contribution in [1.29, 1.82) is 0 Å². The van der Waals surface area contributed by atoms with E-state index in [0.717, 1.165) is 16.6 Å². The molecule has 0 atom stereocenters. The van der Waals surface area contributed by atoms with Crippen molar-refractivity contribution in [2.45, 2.75) is 30.1 Å². The normalized spacial score (nSPS) is 15.4. The van der Waals surface area contributed by atoms with Crippen LogP contribution >= 0.6 is 0 Å². The van der Waals surface area contributed by atoms with E-state index in [-0.39, 0.29) is 4.90 Å². The number of nitrogens with one attached hydrogen (secondary N) is 1. The van der Waals surface area contributed by atoms with Crippen molar-refractivity contribution in [3.8, 4) is 5.75 Å². The first kappa shape index (κ1) is 18.6. The van der Waals surface area contributed by atoms with Gasteiger partial charge in [0, 0.05) is 29.7 Å². The van der Waals surface area contributed by atoms with Crippen LogP contribution in [0.4, 0.5) is 0 Å². The second-order valence-corrected chi connectivity index (χ2v) is 8.94. The SMILES string of the molecule is COc1cccc(C)c1C1(C(=O)NS(=O)(=O)c2cccc3c2ccn3C)CC1. The second-order valence-electron chi connectivity index (χ2n) is 7.28. The van der Waals surface area contributed by atoms with Crippen molar-refractivity contribution in [3.63, 3.8) is 0 Å². The lowest BCUT2D eigenvalue weighted by Crippen LogP contribution is -2.39. The van der Waals surface area contributed by atoms with Crippen LogP contribution in [0.15, 0.2) is 53.6 Å². The van der Waals surface area contributed by atoms with Crippen molar-refractivity contribution >= 4 is 26.8 Å². The number of aromatic nitrogens is 1. The molecule has 4 rings (SSSR count). The Morgan fingerprint density at radius 1 is 1.14 bits per heavy atom. The van der Waals surface area contributed by atoms with E-state index in [9.17, 15) is 13.2 Å². The molecule has 1 aromatic heterocycles. The van der Waals surface area contributed by atoms with Gasteiger partial charge in [-0.1, -0.05) is 18.2 Å². The van der Waals surface area contributed by atoms with Gasteiger partial charge in [0.1, 0.15) is 5.75 Å². The van der Waals surface area contributed by atoms with Crippen molar-refractivity contribution in [2.75, 3.05) is 7.11 Å². The summed E-state index contributed by atoms with van der Waals surface area (Å²) in [7, 11) is -0.607. The quantitative estimate of drug-likeness (QED) is 0.717. The highest BCUT2D eigenvalue weighted by Crippen LogP contribution is 2.53. The number of aryl methyl sites for hydroxylation is 2. The summed E-state index contributed by atoms with van der Waals surface area (Å²) in [6.45, 7) is 1.91. The van der Waals surface area contributed by atoms with Gasteiger partial charge in [-0.2, -0.15) is 0 Å². The third-order valence-corrected chi connectivity index (χ3v) is 6.91. The molecule has 0 radical (unpaired) electrons. The molecule has 3 aromatic rings. The maximum absolute atomic E-state index is 13.1. The number of carbonyl (C=O) groups excluding carboxylic acids is 1. The van der Waals surface area contributed by atoms with Crippen LogP contribution in [0.3, 0.4) is 0 Å². The van der Waals surface area contributed by atoms with Gasteiger partial charge in [0.15, 0.2) is 0 Å². The molecule has 0 spiro atoms. The van der Waals surface area contributed by atoms with Crippen molar-refractivity contribution in [3.05, 3.63) is 59.8 Å². The molecule has 28 heavy (non-hydrogen) atoms. The highest BCUT2D eigenvalue weighted by Gasteiger charge is 2.54. The lowest BCUT2D eigenvalue weighted by molar-refractivity contribution is -0.121. The van der Waals surface area contributed by atoms with Crippen LogP contribution < -0.4 is 9.46 Å². The van der Waals surface area contributed by atoms with Crippen LogP contribution in [0.5, 0.6) is 5.75 Å². The third-order valence-electron chi connectivity index (χ3n) is 5.52. The van der Waals surface area contributed by atoms with Gasteiger partial charge in [0.2, 0.25) is 5.91 Å². The molecule has 146 valence electrons. The van der Waals surface area contributed by atoms with Crippen LogP contribution in [0.1, 0.15) is 24.0 Å². The van der Waals surface area contributed by atoms with Gasteiger partial charge in [-0.25, -0.2) is 13.1 Å².